The van der Waals surface area contributed by atoms with Crippen molar-refractivity contribution >= 4 is 23.1 Å². The first-order valence-corrected chi connectivity index (χ1v) is 21.9. The average Bonchev–Trinajstić information content (AvgIpc) is 3.95. The zero-order valence-electron chi connectivity index (χ0n) is 37.4. The lowest BCUT2D eigenvalue weighted by Gasteiger charge is -2.18. The Hall–Kier alpha value is -4.82. The van der Waals surface area contributed by atoms with E-state index in [4.69, 9.17) is 19.7 Å². The van der Waals surface area contributed by atoms with Gasteiger partial charge in [-0.2, -0.15) is 0 Å². The molecule has 1 fully saturated rings. The van der Waals surface area contributed by atoms with Crippen LogP contribution in [-0.2, 0) is 9.53 Å². The van der Waals surface area contributed by atoms with Crippen molar-refractivity contribution < 1.29 is 19.7 Å². The van der Waals surface area contributed by atoms with Crippen molar-refractivity contribution in [3.8, 4) is 0 Å². The number of aliphatic hydroxyl groups excluding tert-OH is 2. The number of carbonyl (C=O) groups excluding carboxylic acids is 1. The minimum Gasteiger partial charge on any atom is -0.511 e. The van der Waals surface area contributed by atoms with Crippen molar-refractivity contribution in [1.29, 1.82) is 0 Å². The summed E-state index contributed by atoms with van der Waals surface area (Å²) in [6, 6.07) is 0. The number of fused-ring (bicyclic) bond motifs is 5. The molecule has 5 aliphatic heterocycles. The molecule has 5 heterocycles. The van der Waals surface area contributed by atoms with E-state index in [1.807, 2.05) is 19.1 Å². The summed E-state index contributed by atoms with van der Waals surface area (Å²) < 4.78 is 5.78. The van der Waals surface area contributed by atoms with Crippen molar-refractivity contribution in [1.82, 2.24) is 5.32 Å². The normalized spacial score (nSPS) is 22.3. The third kappa shape index (κ3) is 9.18. The second-order valence-electron chi connectivity index (χ2n) is 17.4. The van der Waals surface area contributed by atoms with Crippen molar-refractivity contribution in [3.05, 3.63) is 126 Å². The monoisotopic (exact) mass is 799 g/mol. The zero-order valence-corrected chi connectivity index (χ0v) is 37.4. The van der Waals surface area contributed by atoms with Gasteiger partial charge >= 0.3 is 5.97 Å². The van der Waals surface area contributed by atoms with Gasteiger partial charge in [-0.25, -0.2) is 15.0 Å². The quantitative estimate of drug-likeness (QED) is 0.113. The summed E-state index contributed by atoms with van der Waals surface area (Å²) in [6.45, 7) is 23.4. The molecule has 1 aliphatic carbocycles. The Bertz CT molecular complexity index is 2240. The predicted molar refractivity (Wildman–Crippen MR) is 243 cm³/mol. The van der Waals surface area contributed by atoms with E-state index < -0.39 is 6.10 Å². The third-order valence-corrected chi connectivity index (χ3v) is 12.7. The summed E-state index contributed by atoms with van der Waals surface area (Å²) in [5, 5.41) is 26.6. The smallest absolute Gasteiger partial charge is 0.306 e. The molecule has 8 nitrogen and oxygen atoms in total. The summed E-state index contributed by atoms with van der Waals surface area (Å²) in [5.74, 6) is 0.0717. The Kier molecular flexibility index (Phi) is 13.8. The Morgan fingerprint density at radius 2 is 1.59 bits per heavy atom. The maximum absolute atomic E-state index is 13.3. The first-order valence-electron chi connectivity index (χ1n) is 21.9. The largest absolute Gasteiger partial charge is 0.511 e. The van der Waals surface area contributed by atoms with E-state index in [0.717, 1.165) is 123 Å². The highest BCUT2D eigenvalue weighted by atomic mass is 16.5. The van der Waals surface area contributed by atoms with Gasteiger partial charge in [-0.3, -0.25) is 4.79 Å². The minimum atomic E-state index is -0.722. The maximum atomic E-state index is 13.3. The second-order valence-corrected chi connectivity index (χ2v) is 17.4. The number of nitrogens with zero attached hydrogens (tertiary/aromatic N) is 3. The molecule has 0 aromatic carbocycles. The average molecular weight is 799 g/mol. The van der Waals surface area contributed by atoms with E-state index in [0.29, 0.717) is 25.0 Å². The number of aliphatic hydroxyl groups is 2. The van der Waals surface area contributed by atoms with Crippen LogP contribution in [0.25, 0.3) is 0 Å². The Balaban J connectivity index is 1.31. The Labute approximate surface area is 352 Å². The SMILES string of the molecule is CCCC1=C(C)C2=NC1=CC1=C(CC)C3=C(O)CC(=C4NC(=C(C)C5=NC(=C2)C(C(C)O)=C5C)[C@@H](C)[C@@H]4CCC(=O)OC/C=C(\C)CC/C=C(\C)CCC=C(C)C)C3=N1. The zero-order chi connectivity index (χ0) is 42.7. The van der Waals surface area contributed by atoms with Crippen molar-refractivity contribution in [2.45, 2.75) is 146 Å². The number of allylic oxidation sites excluding steroid dienone is 16. The van der Waals surface area contributed by atoms with E-state index in [1.165, 1.54) is 22.3 Å². The Morgan fingerprint density at radius 1 is 0.881 bits per heavy atom. The van der Waals surface area contributed by atoms with Crippen LogP contribution in [0, 0.1) is 11.8 Å². The first-order chi connectivity index (χ1) is 28.1. The van der Waals surface area contributed by atoms with Gasteiger partial charge in [0.25, 0.3) is 0 Å². The van der Waals surface area contributed by atoms with Crippen LogP contribution in [0.3, 0.4) is 0 Å². The third-order valence-electron chi connectivity index (χ3n) is 12.7. The fraction of sp³-hybridized carbons (Fsp3) is 0.490. The highest BCUT2D eigenvalue weighted by Gasteiger charge is 2.42. The topological polar surface area (TPSA) is 116 Å². The molecule has 0 saturated carbocycles. The molecular weight excluding hydrogens is 733 g/mol. The van der Waals surface area contributed by atoms with Crippen LogP contribution in [0.2, 0.25) is 0 Å². The summed E-state index contributed by atoms with van der Waals surface area (Å²) in [4.78, 5) is 29.0. The molecule has 0 amide bonds. The van der Waals surface area contributed by atoms with Gasteiger partial charge in [0, 0.05) is 52.8 Å². The summed E-state index contributed by atoms with van der Waals surface area (Å²) in [6.07, 6.45) is 17.9. The summed E-state index contributed by atoms with van der Waals surface area (Å²) >= 11 is 0. The number of esters is 1. The van der Waals surface area contributed by atoms with Gasteiger partial charge in [0.2, 0.25) is 0 Å². The molecule has 0 aromatic heterocycles. The Morgan fingerprint density at radius 3 is 2.27 bits per heavy atom. The number of ether oxygens (including phenoxy) is 1. The van der Waals surface area contributed by atoms with Crippen LogP contribution in [0.5, 0.6) is 0 Å². The molecule has 0 radical (unpaired) electrons. The van der Waals surface area contributed by atoms with Crippen molar-refractivity contribution in [2.24, 2.45) is 26.8 Å². The van der Waals surface area contributed by atoms with Crippen LogP contribution < -0.4 is 5.32 Å². The molecule has 6 rings (SSSR count). The lowest BCUT2D eigenvalue weighted by molar-refractivity contribution is -0.142. The number of hydrogen-bond acceptors (Lipinski definition) is 8. The maximum Gasteiger partial charge on any atom is 0.306 e. The van der Waals surface area contributed by atoms with Gasteiger partial charge in [-0.05, 0) is 146 Å². The van der Waals surface area contributed by atoms with Gasteiger partial charge in [0.05, 0.1) is 40.3 Å². The first kappa shape index (κ1) is 43.8. The highest BCUT2D eigenvalue weighted by Crippen LogP contribution is 2.48. The number of nitrogens with one attached hydrogen (secondary N) is 1. The lowest BCUT2D eigenvalue weighted by atomic mass is 9.85. The molecule has 1 saturated heterocycles. The minimum absolute atomic E-state index is 0.00994. The molecule has 3 N–H and O–H groups in total. The van der Waals surface area contributed by atoms with Gasteiger partial charge in [-0.15, -0.1) is 0 Å². The molecule has 8 heteroatoms. The van der Waals surface area contributed by atoms with Gasteiger partial charge in [0.1, 0.15) is 12.4 Å². The molecular formula is C51H66N4O4. The fourth-order valence-corrected chi connectivity index (χ4v) is 9.40. The van der Waals surface area contributed by atoms with E-state index in [9.17, 15) is 15.0 Å². The molecule has 3 atom stereocenters. The number of rotatable bonds is 15. The van der Waals surface area contributed by atoms with E-state index in [-0.39, 0.29) is 30.8 Å². The molecule has 59 heavy (non-hydrogen) atoms. The van der Waals surface area contributed by atoms with Crippen LogP contribution >= 0.6 is 0 Å². The number of aliphatic imine (C=N–C) groups is 3. The van der Waals surface area contributed by atoms with Crippen molar-refractivity contribution in [2.75, 3.05) is 6.61 Å². The molecule has 6 aliphatic rings. The second kappa shape index (κ2) is 18.6. The number of hydrogen-bond donors (Lipinski definition) is 3. The van der Waals surface area contributed by atoms with Crippen LogP contribution in [0.4, 0.5) is 0 Å². The van der Waals surface area contributed by atoms with E-state index >= 15 is 0 Å². The van der Waals surface area contributed by atoms with Crippen LogP contribution in [-0.4, -0.2) is 46.0 Å². The molecule has 314 valence electrons. The van der Waals surface area contributed by atoms with Crippen LogP contribution in [0.1, 0.15) is 140 Å². The molecule has 1 unspecified atom stereocenters. The van der Waals surface area contributed by atoms with Gasteiger partial charge < -0.3 is 20.3 Å². The fourth-order valence-electron chi connectivity index (χ4n) is 9.40. The van der Waals surface area contributed by atoms with Gasteiger partial charge in [-0.1, -0.05) is 56.1 Å². The summed E-state index contributed by atoms with van der Waals surface area (Å²) in [7, 11) is 0. The predicted octanol–water partition coefficient (Wildman–Crippen LogP) is 12.0. The molecule has 0 spiro atoms. The lowest BCUT2D eigenvalue weighted by Crippen LogP contribution is -2.16. The molecule has 0 aromatic rings. The number of carbonyl (C=O) groups is 1. The standard InChI is InChI=1S/C51H66N4O4/c1-12-16-37-31(7)40-26-43-46(35(11)56)33(9)49(54-43)34(10)48-32(8)38(21-22-45(58)59-24-23-30(6)20-15-19-29(5)18-14-17-28(3)4)50(55-48)39-25-44(57)47-36(13-2)41(53-51(39)47)27-42(37)52-40/h17,19,23,26-27,32,35,38,55-57H,12-16,18,20-22,24-25H2,1-11H3/b29-19+,30-23+,42-27?,43-26?,48-34?,50-39?/t32-,35?,38-/m0/s1. The molecule has 8 bridgehead atoms. The van der Waals surface area contributed by atoms with Crippen LogP contribution in [0.15, 0.2) is 141 Å². The van der Waals surface area contributed by atoms with Gasteiger partial charge in [0.15, 0.2) is 0 Å². The van der Waals surface area contributed by atoms with Crippen molar-refractivity contribution in [3.63, 3.8) is 0 Å². The van der Waals surface area contributed by atoms with E-state index in [2.05, 4.69) is 85.9 Å². The highest BCUT2D eigenvalue weighted by molar-refractivity contribution is 6.21. The summed E-state index contributed by atoms with van der Waals surface area (Å²) in [5.41, 5.74) is 18.8. The van der Waals surface area contributed by atoms with E-state index in [1.54, 1.807) is 6.92 Å².